The van der Waals surface area contributed by atoms with E-state index in [2.05, 4.69) is 23.0 Å². The van der Waals surface area contributed by atoms with Crippen LogP contribution in [0.2, 0.25) is 0 Å². The first-order valence-corrected chi connectivity index (χ1v) is 7.04. The summed E-state index contributed by atoms with van der Waals surface area (Å²) in [5.74, 6) is 0.246. The molecule has 2 heterocycles. The molecule has 1 aliphatic heterocycles. The lowest BCUT2D eigenvalue weighted by Gasteiger charge is -2.43. The Morgan fingerprint density at radius 1 is 1.39 bits per heavy atom. The lowest BCUT2D eigenvalue weighted by atomic mass is 9.71. The average molecular weight is 246 g/mol. The predicted molar refractivity (Wildman–Crippen MR) is 71.6 cm³/mol. The van der Waals surface area contributed by atoms with Gasteiger partial charge >= 0.3 is 0 Å². The summed E-state index contributed by atoms with van der Waals surface area (Å²) in [4.78, 5) is 6.87. The maximum atomic E-state index is 11.0. The molecule has 2 aliphatic rings. The summed E-state index contributed by atoms with van der Waals surface area (Å²) in [5.41, 5.74) is 1.98. The standard InChI is InChI=1S/C15H22N2O/c1-17-10-7-15(18,8-11-17)13-6-2-4-12-5-3-9-16-14(12)13/h3,5,9,13,18H,2,4,6-8,10-11H2,1H3. The number of hydrogen-bond donors (Lipinski definition) is 1. The van der Waals surface area contributed by atoms with Gasteiger partial charge in [-0.2, -0.15) is 0 Å². The van der Waals surface area contributed by atoms with Gasteiger partial charge in [-0.1, -0.05) is 6.07 Å². The number of aryl methyl sites for hydroxylation is 1. The second-order valence-electron chi connectivity index (χ2n) is 5.90. The van der Waals surface area contributed by atoms with Crippen LogP contribution in [0.4, 0.5) is 0 Å². The Balaban J connectivity index is 1.89. The van der Waals surface area contributed by atoms with Crippen molar-refractivity contribution in [3.63, 3.8) is 0 Å². The van der Waals surface area contributed by atoms with Crippen LogP contribution in [-0.4, -0.2) is 40.7 Å². The van der Waals surface area contributed by atoms with Crippen molar-refractivity contribution < 1.29 is 5.11 Å². The fourth-order valence-electron chi connectivity index (χ4n) is 3.49. The molecule has 1 saturated heterocycles. The van der Waals surface area contributed by atoms with Gasteiger partial charge in [0.2, 0.25) is 0 Å². The second kappa shape index (κ2) is 4.63. The average Bonchev–Trinajstić information content (AvgIpc) is 2.42. The van der Waals surface area contributed by atoms with Gasteiger partial charge in [0.05, 0.1) is 5.60 Å². The third-order valence-electron chi connectivity index (χ3n) is 4.70. The topological polar surface area (TPSA) is 36.4 Å². The van der Waals surface area contributed by atoms with E-state index in [1.807, 2.05) is 12.3 Å². The molecule has 18 heavy (non-hydrogen) atoms. The minimum absolute atomic E-state index is 0.246. The van der Waals surface area contributed by atoms with E-state index in [1.54, 1.807) is 0 Å². The van der Waals surface area contributed by atoms with Crippen LogP contribution in [0.3, 0.4) is 0 Å². The Hall–Kier alpha value is -0.930. The number of likely N-dealkylation sites (tertiary alicyclic amines) is 1. The van der Waals surface area contributed by atoms with Gasteiger partial charge in [-0.25, -0.2) is 0 Å². The van der Waals surface area contributed by atoms with Crippen molar-refractivity contribution in [2.45, 2.75) is 43.6 Å². The first-order valence-electron chi connectivity index (χ1n) is 7.04. The van der Waals surface area contributed by atoms with Crippen molar-refractivity contribution in [1.82, 2.24) is 9.88 Å². The molecular weight excluding hydrogens is 224 g/mol. The number of pyridine rings is 1. The fraction of sp³-hybridized carbons (Fsp3) is 0.667. The van der Waals surface area contributed by atoms with Crippen molar-refractivity contribution in [3.8, 4) is 0 Å². The van der Waals surface area contributed by atoms with Gasteiger partial charge in [-0.05, 0) is 50.8 Å². The van der Waals surface area contributed by atoms with Crippen molar-refractivity contribution >= 4 is 0 Å². The SMILES string of the molecule is CN1CCC(O)(C2CCCc3cccnc32)CC1. The zero-order chi connectivity index (χ0) is 12.6. The molecule has 0 amide bonds. The monoisotopic (exact) mass is 246 g/mol. The summed E-state index contributed by atoms with van der Waals surface area (Å²) in [6.07, 6.45) is 7.02. The van der Waals surface area contributed by atoms with Crippen LogP contribution in [0.5, 0.6) is 0 Å². The summed E-state index contributed by atoms with van der Waals surface area (Å²) < 4.78 is 0. The van der Waals surface area contributed by atoms with Gasteiger partial charge in [-0.3, -0.25) is 4.98 Å². The van der Waals surface area contributed by atoms with Crippen molar-refractivity contribution in [1.29, 1.82) is 0 Å². The Labute approximate surface area is 109 Å². The van der Waals surface area contributed by atoms with E-state index in [9.17, 15) is 5.11 Å². The zero-order valence-electron chi connectivity index (χ0n) is 11.1. The molecular formula is C15H22N2O. The normalized spacial score (nSPS) is 27.8. The molecule has 1 fully saturated rings. The molecule has 1 aromatic rings. The largest absolute Gasteiger partial charge is 0.389 e. The highest BCUT2D eigenvalue weighted by Crippen LogP contribution is 2.42. The molecule has 1 aliphatic carbocycles. The lowest BCUT2D eigenvalue weighted by molar-refractivity contribution is -0.0434. The van der Waals surface area contributed by atoms with E-state index >= 15 is 0 Å². The third-order valence-corrected chi connectivity index (χ3v) is 4.70. The van der Waals surface area contributed by atoms with E-state index in [-0.39, 0.29) is 5.92 Å². The summed E-state index contributed by atoms with van der Waals surface area (Å²) in [5, 5.41) is 11.0. The first-order chi connectivity index (χ1) is 8.69. The molecule has 0 aromatic carbocycles. The van der Waals surface area contributed by atoms with Crippen LogP contribution in [0.15, 0.2) is 18.3 Å². The van der Waals surface area contributed by atoms with Gasteiger partial charge in [0.15, 0.2) is 0 Å². The molecule has 1 unspecified atom stereocenters. The Bertz CT molecular complexity index is 424. The molecule has 1 aromatic heterocycles. The van der Waals surface area contributed by atoms with E-state index in [4.69, 9.17) is 0 Å². The Morgan fingerprint density at radius 3 is 2.94 bits per heavy atom. The molecule has 3 rings (SSSR count). The van der Waals surface area contributed by atoms with E-state index < -0.39 is 5.60 Å². The number of fused-ring (bicyclic) bond motifs is 1. The molecule has 3 nitrogen and oxygen atoms in total. The van der Waals surface area contributed by atoms with E-state index in [0.717, 1.165) is 44.5 Å². The van der Waals surface area contributed by atoms with Crippen LogP contribution < -0.4 is 0 Å². The van der Waals surface area contributed by atoms with Crippen molar-refractivity contribution in [2.24, 2.45) is 0 Å². The maximum absolute atomic E-state index is 11.0. The van der Waals surface area contributed by atoms with Gasteiger partial charge in [0.1, 0.15) is 0 Å². The van der Waals surface area contributed by atoms with Crippen LogP contribution in [-0.2, 0) is 6.42 Å². The van der Waals surface area contributed by atoms with E-state index in [1.165, 1.54) is 12.0 Å². The number of nitrogens with zero attached hydrogens (tertiary/aromatic N) is 2. The van der Waals surface area contributed by atoms with Gasteiger partial charge < -0.3 is 10.0 Å². The highest BCUT2D eigenvalue weighted by atomic mass is 16.3. The van der Waals surface area contributed by atoms with Gasteiger partial charge in [0.25, 0.3) is 0 Å². The van der Waals surface area contributed by atoms with Gasteiger partial charge in [0, 0.05) is 30.9 Å². The predicted octanol–water partition coefficient (Wildman–Crippen LogP) is 1.96. The van der Waals surface area contributed by atoms with Crippen molar-refractivity contribution in [2.75, 3.05) is 20.1 Å². The number of hydrogen-bond acceptors (Lipinski definition) is 3. The number of aliphatic hydroxyl groups is 1. The quantitative estimate of drug-likeness (QED) is 0.823. The lowest BCUT2D eigenvalue weighted by Crippen LogP contribution is -2.47. The third kappa shape index (κ3) is 2.06. The van der Waals surface area contributed by atoms with Crippen LogP contribution >= 0.6 is 0 Å². The summed E-state index contributed by atoms with van der Waals surface area (Å²) in [6.45, 7) is 1.99. The van der Waals surface area contributed by atoms with Crippen LogP contribution in [0, 0.1) is 0 Å². The molecule has 1 atom stereocenters. The number of rotatable bonds is 1. The minimum atomic E-state index is -0.532. The molecule has 3 heteroatoms. The fourth-order valence-corrected chi connectivity index (χ4v) is 3.49. The molecule has 98 valence electrons. The molecule has 0 saturated carbocycles. The van der Waals surface area contributed by atoms with E-state index in [0.29, 0.717) is 0 Å². The highest BCUT2D eigenvalue weighted by Gasteiger charge is 2.42. The van der Waals surface area contributed by atoms with Crippen LogP contribution in [0.25, 0.3) is 0 Å². The van der Waals surface area contributed by atoms with Gasteiger partial charge in [-0.15, -0.1) is 0 Å². The number of piperidine rings is 1. The molecule has 0 radical (unpaired) electrons. The minimum Gasteiger partial charge on any atom is -0.389 e. The molecule has 1 N–H and O–H groups in total. The Morgan fingerprint density at radius 2 is 2.17 bits per heavy atom. The molecule has 0 bridgehead atoms. The second-order valence-corrected chi connectivity index (χ2v) is 5.90. The highest BCUT2D eigenvalue weighted by molar-refractivity contribution is 5.28. The first kappa shape index (κ1) is 12.1. The smallest absolute Gasteiger partial charge is 0.0755 e. The summed E-state index contributed by atoms with van der Waals surface area (Å²) in [7, 11) is 2.13. The summed E-state index contributed by atoms with van der Waals surface area (Å²) >= 11 is 0. The maximum Gasteiger partial charge on any atom is 0.0755 e. The Kier molecular flexibility index (Phi) is 3.12. The van der Waals surface area contributed by atoms with Crippen molar-refractivity contribution in [3.05, 3.63) is 29.6 Å². The molecule has 0 spiro atoms. The number of aromatic nitrogens is 1. The summed E-state index contributed by atoms with van der Waals surface area (Å²) in [6, 6.07) is 4.19. The van der Waals surface area contributed by atoms with Crippen LogP contribution in [0.1, 0.15) is 42.9 Å². The zero-order valence-corrected chi connectivity index (χ0v) is 11.1.